The van der Waals surface area contributed by atoms with E-state index in [-0.39, 0.29) is 5.95 Å². The van der Waals surface area contributed by atoms with Gasteiger partial charge in [-0.1, -0.05) is 0 Å². The molecule has 1 saturated heterocycles. The molecule has 7 heteroatoms. The van der Waals surface area contributed by atoms with Crippen LogP contribution in [0.4, 0.5) is 11.9 Å². The highest BCUT2D eigenvalue weighted by molar-refractivity contribution is 5.55. The highest BCUT2D eigenvalue weighted by Gasteiger charge is 2.17. The van der Waals surface area contributed by atoms with E-state index in [9.17, 15) is 0 Å². The summed E-state index contributed by atoms with van der Waals surface area (Å²) in [6, 6.07) is 0. The van der Waals surface area contributed by atoms with Crippen molar-refractivity contribution in [2.75, 3.05) is 23.7 Å². The Labute approximate surface area is 105 Å². The number of aromatic nitrogens is 5. The molecule has 2 aromatic heterocycles. The molecular formula is C11H15N7. The highest BCUT2D eigenvalue weighted by Crippen LogP contribution is 2.20. The van der Waals surface area contributed by atoms with Crippen LogP contribution in [0.3, 0.4) is 0 Å². The van der Waals surface area contributed by atoms with E-state index in [2.05, 4.69) is 25.0 Å². The largest absolute Gasteiger partial charge is 0.368 e. The molecule has 1 aliphatic heterocycles. The van der Waals surface area contributed by atoms with Crippen LogP contribution in [0.2, 0.25) is 0 Å². The lowest BCUT2D eigenvalue weighted by Gasteiger charge is -2.15. The molecule has 94 valence electrons. The third-order valence-corrected chi connectivity index (χ3v) is 2.99. The van der Waals surface area contributed by atoms with Crippen LogP contribution in [-0.2, 0) is 7.05 Å². The van der Waals surface area contributed by atoms with Crippen molar-refractivity contribution in [1.82, 2.24) is 24.7 Å². The van der Waals surface area contributed by atoms with Crippen LogP contribution in [0, 0.1) is 0 Å². The van der Waals surface area contributed by atoms with E-state index in [1.807, 2.05) is 13.2 Å². The first-order chi connectivity index (χ1) is 8.72. The summed E-state index contributed by atoms with van der Waals surface area (Å²) < 4.78 is 1.71. The fourth-order valence-electron chi connectivity index (χ4n) is 2.11. The van der Waals surface area contributed by atoms with Gasteiger partial charge in [0.2, 0.25) is 11.9 Å². The van der Waals surface area contributed by atoms with Gasteiger partial charge in [-0.3, -0.25) is 4.68 Å². The van der Waals surface area contributed by atoms with E-state index in [1.165, 1.54) is 12.8 Å². The van der Waals surface area contributed by atoms with Crippen LogP contribution in [-0.4, -0.2) is 37.8 Å². The lowest BCUT2D eigenvalue weighted by Crippen LogP contribution is -2.21. The number of nitrogens with two attached hydrogens (primary N) is 1. The Hall–Kier alpha value is -2.18. The van der Waals surface area contributed by atoms with Crippen molar-refractivity contribution < 1.29 is 0 Å². The predicted molar refractivity (Wildman–Crippen MR) is 67.9 cm³/mol. The normalized spacial score (nSPS) is 15.3. The summed E-state index contributed by atoms with van der Waals surface area (Å²) in [7, 11) is 1.86. The van der Waals surface area contributed by atoms with Crippen LogP contribution in [0.15, 0.2) is 12.4 Å². The maximum absolute atomic E-state index is 5.76. The summed E-state index contributed by atoms with van der Waals surface area (Å²) in [5.41, 5.74) is 6.61. The van der Waals surface area contributed by atoms with Gasteiger partial charge in [-0.05, 0) is 12.8 Å². The molecule has 0 radical (unpaired) electrons. The Kier molecular flexibility index (Phi) is 2.58. The number of rotatable bonds is 2. The number of nitrogens with zero attached hydrogens (tertiary/aromatic N) is 6. The minimum Gasteiger partial charge on any atom is -0.368 e. The van der Waals surface area contributed by atoms with Gasteiger partial charge in [0.05, 0.1) is 11.8 Å². The zero-order chi connectivity index (χ0) is 12.5. The highest BCUT2D eigenvalue weighted by atomic mass is 15.3. The molecular weight excluding hydrogens is 230 g/mol. The molecule has 0 amide bonds. The SMILES string of the molecule is Cn1cc(-c2nc(N)nc(N3CCCC3)n2)cn1. The van der Waals surface area contributed by atoms with E-state index in [4.69, 9.17) is 5.73 Å². The second-order valence-electron chi connectivity index (χ2n) is 4.41. The van der Waals surface area contributed by atoms with Gasteiger partial charge < -0.3 is 10.6 Å². The van der Waals surface area contributed by atoms with Gasteiger partial charge in [0, 0.05) is 26.3 Å². The molecule has 0 spiro atoms. The number of hydrogen-bond donors (Lipinski definition) is 1. The van der Waals surface area contributed by atoms with Crippen LogP contribution in [0.5, 0.6) is 0 Å². The lowest BCUT2D eigenvalue weighted by atomic mass is 10.3. The Morgan fingerprint density at radius 2 is 1.94 bits per heavy atom. The monoisotopic (exact) mass is 245 g/mol. The van der Waals surface area contributed by atoms with Gasteiger partial charge in [0.15, 0.2) is 5.82 Å². The van der Waals surface area contributed by atoms with Gasteiger partial charge in [0.1, 0.15) is 0 Å². The molecule has 2 N–H and O–H groups in total. The summed E-state index contributed by atoms with van der Waals surface area (Å²) in [6.07, 6.45) is 5.94. The van der Waals surface area contributed by atoms with E-state index in [0.717, 1.165) is 18.7 Å². The fraction of sp³-hybridized carbons (Fsp3) is 0.455. The van der Waals surface area contributed by atoms with E-state index in [1.54, 1.807) is 10.9 Å². The lowest BCUT2D eigenvalue weighted by molar-refractivity contribution is 0.768. The molecule has 0 unspecified atom stereocenters. The van der Waals surface area contributed by atoms with Crippen LogP contribution in [0.1, 0.15) is 12.8 Å². The molecule has 0 bridgehead atoms. The van der Waals surface area contributed by atoms with Crippen LogP contribution < -0.4 is 10.6 Å². The molecule has 0 atom stereocenters. The second kappa shape index (κ2) is 4.25. The number of hydrogen-bond acceptors (Lipinski definition) is 6. The van der Waals surface area contributed by atoms with E-state index >= 15 is 0 Å². The van der Waals surface area contributed by atoms with Crippen molar-refractivity contribution in [3.8, 4) is 11.4 Å². The number of nitrogen functional groups attached to an aromatic ring is 1. The Bertz CT molecular complexity index is 556. The molecule has 0 aromatic carbocycles. The molecule has 1 aliphatic rings. The van der Waals surface area contributed by atoms with Crippen LogP contribution >= 0.6 is 0 Å². The van der Waals surface area contributed by atoms with Gasteiger partial charge in [0.25, 0.3) is 0 Å². The smallest absolute Gasteiger partial charge is 0.230 e. The van der Waals surface area contributed by atoms with E-state index in [0.29, 0.717) is 11.8 Å². The first-order valence-corrected chi connectivity index (χ1v) is 5.98. The molecule has 7 nitrogen and oxygen atoms in total. The number of anilines is 2. The first-order valence-electron chi connectivity index (χ1n) is 5.98. The van der Waals surface area contributed by atoms with Crippen molar-refractivity contribution in [2.24, 2.45) is 7.05 Å². The summed E-state index contributed by atoms with van der Waals surface area (Å²) in [5.74, 6) is 1.50. The standard InChI is InChI=1S/C11H15N7/c1-17-7-8(6-13-17)9-14-10(12)16-11(15-9)18-4-2-3-5-18/h6-7H,2-5H2,1H3,(H2,12,14,15,16). The molecule has 3 rings (SSSR count). The van der Waals surface area contributed by atoms with Crippen molar-refractivity contribution in [3.63, 3.8) is 0 Å². The van der Waals surface area contributed by atoms with Crippen molar-refractivity contribution >= 4 is 11.9 Å². The summed E-state index contributed by atoms with van der Waals surface area (Å²) in [6.45, 7) is 1.96. The maximum Gasteiger partial charge on any atom is 0.230 e. The van der Waals surface area contributed by atoms with Crippen LogP contribution in [0.25, 0.3) is 11.4 Å². The molecule has 18 heavy (non-hydrogen) atoms. The minimum absolute atomic E-state index is 0.255. The van der Waals surface area contributed by atoms with Gasteiger partial charge in [-0.2, -0.15) is 20.1 Å². The van der Waals surface area contributed by atoms with E-state index < -0.39 is 0 Å². The molecule has 0 aliphatic carbocycles. The minimum atomic E-state index is 0.255. The summed E-state index contributed by atoms with van der Waals surface area (Å²) >= 11 is 0. The summed E-state index contributed by atoms with van der Waals surface area (Å²) in [4.78, 5) is 15.0. The van der Waals surface area contributed by atoms with Gasteiger partial charge in [-0.15, -0.1) is 0 Å². The molecule has 3 heterocycles. The third-order valence-electron chi connectivity index (χ3n) is 2.99. The second-order valence-corrected chi connectivity index (χ2v) is 4.41. The first kappa shape index (κ1) is 10.9. The average molecular weight is 245 g/mol. The molecule has 1 fully saturated rings. The Morgan fingerprint density at radius 1 is 1.17 bits per heavy atom. The molecule has 2 aromatic rings. The van der Waals surface area contributed by atoms with Crippen molar-refractivity contribution in [2.45, 2.75) is 12.8 Å². The maximum atomic E-state index is 5.76. The predicted octanol–water partition coefficient (Wildman–Crippen LogP) is 0.454. The quantitative estimate of drug-likeness (QED) is 0.827. The molecule has 0 saturated carbocycles. The van der Waals surface area contributed by atoms with Crippen molar-refractivity contribution in [1.29, 1.82) is 0 Å². The zero-order valence-corrected chi connectivity index (χ0v) is 10.2. The van der Waals surface area contributed by atoms with Gasteiger partial charge in [-0.25, -0.2) is 0 Å². The topological polar surface area (TPSA) is 85.8 Å². The van der Waals surface area contributed by atoms with Gasteiger partial charge >= 0.3 is 0 Å². The Morgan fingerprint density at radius 3 is 2.61 bits per heavy atom. The fourth-order valence-corrected chi connectivity index (χ4v) is 2.11. The summed E-state index contributed by atoms with van der Waals surface area (Å²) in [5, 5.41) is 4.11. The van der Waals surface area contributed by atoms with Crippen molar-refractivity contribution in [3.05, 3.63) is 12.4 Å². The Balaban J connectivity index is 1.99. The number of aryl methyl sites for hydroxylation is 1. The third kappa shape index (κ3) is 1.99. The average Bonchev–Trinajstić information content (AvgIpc) is 2.98. The zero-order valence-electron chi connectivity index (χ0n) is 10.2.